The Morgan fingerprint density at radius 1 is 1.38 bits per heavy atom. The molecule has 1 aromatic heterocycles. The first-order chi connectivity index (χ1) is 10.0. The van der Waals surface area contributed by atoms with Crippen LogP contribution in [0.1, 0.15) is 64.1 Å². The van der Waals surface area contributed by atoms with E-state index in [9.17, 15) is 0 Å². The fourth-order valence-electron chi connectivity index (χ4n) is 3.24. The van der Waals surface area contributed by atoms with Gasteiger partial charge in [0.15, 0.2) is 0 Å². The van der Waals surface area contributed by atoms with E-state index in [4.69, 9.17) is 9.84 Å². The number of ether oxygens (including phenoxy) is 1. The minimum atomic E-state index is -0.0976. The summed E-state index contributed by atoms with van der Waals surface area (Å²) in [6, 6.07) is 3.20. The molecule has 0 amide bonds. The van der Waals surface area contributed by atoms with E-state index in [0.29, 0.717) is 12.1 Å². The molecule has 1 fully saturated rings. The van der Waals surface area contributed by atoms with Gasteiger partial charge >= 0.3 is 0 Å². The van der Waals surface area contributed by atoms with Gasteiger partial charge in [-0.05, 0) is 46.2 Å². The Labute approximate surface area is 129 Å². The zero-order valence-corrected chi connectivity index (χ0v) is 14.1. The number of methoxy groups -OCH3 is 1. The molecule has 120 valence electrons. The molecular formula is C17H31N3O. The molecule has 1 N–H and O–H groups in total. The van der Waals surface area contributed by atoms with E-state index in [-0.39, 0.29) is 5.60 Å². The summed E-state index contributed by atoms with van der Waals surface area (Å²) >= 11 is 0. The lowest BCUT2D eigenvalue weighted by Gasteiger charge is -2.28. The van der Waals surface area contributed by atoms with Gasteiger partial charge in [-0.15, -0.1) is 0 Å². The molecule has 4 heteroatoms. The number of nitrogens with zero attached hydrogens (tertiary/aromatic N) is 2. The first-order valence-corrected chi connectivity index (χ1v) is 8.30. The van der Waals surface area contributed by atoms with Crippen LogP contribution in [0.25, 0.3) is 0 Å². The molecule has 1 aliphatic carbocycles. The highest BCUT2D eigenvalue weighted by Crippen LogP contribution is 2.27. The van der Waals surface area contributed by atoms with Crippen molar-refractivity contribution in [3.63, 3.8) is 0 Å². The Kier molecular flexibility index (Phi) is 5.82. The molecule has 0 aliphatic heterocycles. The number of rotatable bonds is 7. The Balaban J connectivity index is 1.93. The van der Waals surface area contributed by atoms with Gasteiger partial charge in [-0.3, -0.25) is 4.68 Å². The third kappa shape index (κ3) is 4.82. The second-order valence-electron chi connectivity index (χ2n) is 6.94. The van der Waals surface area contributed by atoms with Crippen LogP contribution in [0.15, 0.2) is 12.3 Å². The number of hydrogen-bond acceptors (Lipinski definition) is 3. The van der Waals surface area contributed by atoms with Crippen LogP contribution in [0, 0.1) is 0 Å². The van der Waals surface area contributed by atoms with E-state index >= 15 is 0 Å². The Morgan fingerprint density at radius 2 is 2.10 bits per heavy atom. The van der Waals surface area contributed by atoms with Gasteiger partial charge in [-0.1, -0.05) is 19.3 Å². The van der Waals surface area contributed by atoms with Crippen LogP contribution >= 0.6 is 0 Å². The van der Waals surface area contributed by atoms with Crippen LogP contribution in [-0.4, -0.2) is 35.6 Å². The van der Waals surface area contributed by atoms with Gasteiger partial charge in [0.05, 0.1) is 17.3 Å². The number of aromatic nitrogens is 2. The highest BCUT2D eigenvalue weighted by atomic mass is 16.5. The fraction of sp³-hybridized carbons (Fsp3) is 0.824. The topological polar surface area (TPSA) is 39.1 Å². The standard InChI is InChI=1S/C17H31N3O/c1-17(2,21-4)13-15(18-3)12-14-10-11-20(19-14)16-8-6-5-7-9-16/h10-11,15-16,18H,5-9,12-13H2,1-4H3. The Morgan fingerprint density at radius 3 is 2.71 bits per heavy atom. The zero-order chi connectivity index (χ0) is 15.3. The smallest absolute Gasteiger partial charge is 0.0640 e. The van der Waals surface area contributed by atoms with E-state index < -0.39 is 0 Å². The van der Waals surface area contributed by atoms with Crippen molar-refractivity contribution in [3.8, 4) is 0 Å². The maximum atomic E-state index is 5.54. The average Bonchev–Trinajstić information content (AvgIpc) is 2.96. The van der Waals surface area contributed by atoms with Crippen molar-refractivity contribution < 1.29 is 4.74 Å². The molecule has 0 saturated heterocycles. The van der Waals surface area contributed by atoms with Crippen molar-refractivity contribution >= 4 is 0 Å². The predicted octanol–water partition coefficient (Wildman–Crippen LogP) is 3.33. The zero-order valence-electron chi connectivity index (χ0n) is 14.1. The lowest BCUT2D eigenvalue weighted by Crippen LogP contribution is -2.37. The van der Waals surface area contributed by atoms with E-state index in [0.717, 1.165) is 12.8 Å². The van der Waals surface area contributed by atoms with Crippen molar-refractivity contribution in [2.75, 3.05) is 14.2 Å². The minimum Gasteiger partial charge on any atom is -0.379 e. The summed E-state index contributed by atoms with van der Waals surface area (Å²) in [5.74, 6) is 0. The molecule has 0 spiro atoms. The number of hydrogen-bond donors (Lipinski definition) is 1. The third-order valence-electron chi connectivity index (χ3n) is 4.77. The molecule has 1 atom stereocenters. The molecule has 1 heterocycles. The second kappa shape index (κ2) is 7.41. The SMILES string of the molecule is CNC(Cc1ccn(C2CCCCC2)n1)CC(C)(C)OC. The number of likely N-dealkylation sites (N-methyl/N-ethyl adjacent to an activating group) is 1. The molecule has 0 bridgehead atoms. The molecule has 1 saturated carbocycles. The van der Waals surface area contributed by atoms with Gasteiger partial charge in [0.2, 0.25) is 0 Å². The van der Waals surface area contributed by atoms with Gasteiger partial charge in [-0.2, -0.15) is 5.10 Å². The average molecular weight is 293 g/mol. The van der Waals surface area contributed by atoms with Crippen LogP contribution < -0.4 is 5.32 Å². The molecule has 21 heavy (non-hydrogen) atoms. The highest BCUT2D eigenvalue weighted by Gasteiger charge is 2.23. The summed E-state index contributed by atoms with van der Waals surface area (Å²) in [7, 11) is 3.80. The molecular weight excluding hydrogens is 262 g/mol. The van der Waals surface area contributed by atoms with Gasteiger partial charge in [0, 0.05) is 25.8 Å². The van der Waals surface area contributed by atoms with Crippen LogP contribution in [0.4, 0.5) is 0 Å². The van der Waals surface area contributed by atoms with Crippen LogP contribution in [0.5, 0.6) is 0 Å². The lowest BCUT2D eigenvalue weighted by atomic mass is 9.96. The van der Waals surface area contributed by atoms with Crippen LogP contribution in [-0.2, 0) is 11.2 Å². The van der Waals surface area contributed by atoms with Crippen molar-refractivity contribution in [1.82, 2.24) is 15.1 Å². The van der Waals surface area contributed by atoms with Gasteiger partial charge in [0.1, 0.15) is 0 Å². The third-order valence-corrected chi connectivity index (χ3v) is 4.77. The van der Waals surface area contributed by atoms with E-state index in [1.165, 1.54) is 37.8 Å². The molecule has 1 unspecified atom stereocenters. The molecule has 0 radical (unpaired) electrons. The summed E-state index contributed by atoms with van der Waals surface area (Å²) in [4.78, 5) is 0. The molecule has 1 aromatic rings. The second-order valence-corrected chi connectivity index (χ2v) is 6.94. The highest BCUT2D eigenvalue weighted by molar-refractivity contribution is 5.03. The molecule has 0 aromatic carbocycles. The maximum absolute atomic E-state index is 5.54. The molecule has 4 nitrogen and oxygen atoms in total. The quantitative estimate of drug-likeness (QED) is 0.838. The molecule has 1 aliphatic rings. The predicted molar refractivity (Wildman–Crippen MR) is 86.6 cm³/mol. The summed E-state index contributed by atoms with van der Waals surface area (Å²) in [5.41, 5.74) is 1.09. The van der Waals surface area contributed by atoms with E-state index in [1.807, 2.05) is 7.05 Å². The van der Waals surface area contributed by atoms with Crippen molar-refractivity contribution in [2.24, 2.45) is 0 Å². The lowest BCUT2D eigenvalue weighted by molar-refractivity contribution is 0.00764. The first kappa shape index (κ1) is 16.5. The van der Waals surface area contributed by atoms with Crippen molar-refractivity contribution in [3.05, 3.63) is 18.0 Å². The summed E-state index contributed by atoms with van der Waals surface area (Å²) in [5, 5.41) is 8.21. The van der Waals surface area contributed by atoms with Crippen molar-refractivity contribution in [2.45, 2.75) is 76.5 Å². The maximum Gasteiger partial charge on any atom is 0.0640 e. The largest absolute Gasteiger partial charge is 0.379 e. The minimum absolute atomic E-state index is 0.0976. The van der Waals surface area contributed by atoms with Gasteiger partial charge in [-0.25, -0.2) is 0 Å². The summed E-state index contributed by atoms with van der Waals surface area (Å²) in [6.45, 7) is 4.27. The van der Waals surface area contributed by atoms with Crippen LogP contribution in [0.3, 0.4) is 0 Å². The summed E-state index contributed by atoms with van der Waals surface area (Å²) in [6.07, 6.45) is 10.8. The Hall–Kier alpha value is -0.870. The Bertz CT molecular complexity index is 421. The summed E-state index contributed by atoms with van der Waals surface area (Å²) < 4.78 is 7.74. The first-order valence-electron chi connectivity index (χ1n) is 8.30. The van der Waals surface area contributed by atoms with Crippen LogP contribution in [0.2, 0.25) is 0 Å². The monoisotopic (exact) mass is 293 g/mol. The molecule has 2 rings (SSSR count). The fourth-order valence-corrected chi connectivity index (χ4v) is 3.24. The van der Waals surface area contributed by atoms with E-state index in [1.54, 1.807) is 7.11 Å². The van der Waals surface area contributed by atoms with Gasteiger partial charge < -0.3 is 10.1 Å². The van der Waals surface area contributed by atoms with Crippen molar-refractivity contribution in [1.29, 1.82) is 0 Å². The normalized spacial score (nSPS) is 18.9. The number of nitrogens with one attached hydrogen (secondary N) is 1. The van der Waals surface area contributed by atoms with E-state index in [2.05, 4.69) is 36.1 Å². The van der Waals surface area contributed by atoms with Gasteiger partial charge in [0.25, 0.3) is 0 Å².